The molecule has 132 valence electrons. The lowest BCUT2D eigenvalue weighted by molar-refractivity contribution is -0.125. The van der Waals surface area contributed by atoms with Crippen molar-refractivity contribution in [1.29, 1.82) is 0 Å². The zero-order valence-corrected chi connectivity index (χ0v) is 15.5. The summed E-state index contributed by atoms with van der Waals surface area (Å²) in [7, 11) is 0. The van der Waals surface area contributed by atoms with E-state index in [0.29, 0.717) is 10.0 Å². The molecule has 0 unspecified atom stereocenters. The number of benzene rings is 2. The number of esters is 1. The number of rotatable bonds is 6. The van der Waals surface area contributed by atoms with E-state index in [0.717, 1.165) is 17.5 Å². The number of nitrogens with one attached hydrogen (secondary N) is 1. The summed E-state index contributed by atoms with van der Waals surface area (Å²) < 4.78 is 5.03. The van der Waals surface area contributed by atoms with Crippen molar-refractivity contribution in [2.24, 2.45) is 0 Å². The van der Waals surface area contributed by atoms with Gasteiger partial charge >= 0.3 is 5.97 Å². The quantitative estimate of drug-likeness (QED) is 0.738. The highest BCUT2D eigenvalue weighted by atomic mass is 35.5. The van der Waals surface area contributed by atoms with Crippen molar-refractivity contribution in [3.63, 3.8) is 0 Å². The molecule has 1 atom stereocenters. The zero-order valence-electron chi connectivity index (χ0n) is 14.0. The molecular formula is C19H19Cl2NO3. The average Bonchev–Trinajstić information content (AvgIpc) is 2.57. The molecule has 25 heavy (non-hydrogen) atoms. The summed E-state index contributed by atoms with van der Waals surface area (Å²) in [5, 5.41) is 3.52. The largest absolute Gasteiger partial charge is 0.452 e. The molecule has 0 bridgehead atoms. The Hall–Kier alpha value is -2.04. The summed E-state index contributed by atoms with van der Waals surface area (Å²) in [6.45, 7) is 3.61. The fraction of sp³-hybridized carbons (Fsp3) is 0.263. The number of halogens is 2. The second-order valence-electron chi connectivity index (χ2n) is 5.67. The van der Waals surface area contributed by atoms with Crippen LogP contribution in [0.2, 0.25) is 10.0 Å². The Morgan fingerprint density at radius 1 is 1.08 bits per heavy atom. The normalized spacial score (nSPS) is 11.7. The van der Waals surface area contributed by atoms with Crippen LogP contribution in [0.5, 0.6) is 0 Å². The van der Waals surface area contributed by atoms with E-state index >= 15 is 0 Å². The van der Waals surface area contributed by atoms with Crippen molar-refractivity contribution in [3.8, 4) is 0 Å². The molecule has 1 N–H and O–H groups in total. The summed E-state index contributed by atoms with van der Waals surface area (Å²) >= 11 is 11.7. The minimum atomic E-state index is -0.650. The van der Waals surface area contributed by atoms with Gasteiger partial charge < -0.3 is 10.1 Å². The van der Waals surface area contributed by atoms with Gasteiger partial charge in [-0.05, 0) is 37.1 Å². The van der Waals surface area contributed by atoms with Crippen LogP contribution in [0.3, 0.4) is 0 Å². The third-order valence-electron chi connectivity index (χ3n) is 3.66. The molecule has 2 rings (SSSR count). The van der Waals surface area contributed by atoms with E-state index in [2.05, 4.69) is 5.32 Å². The maximum Gasteiger partial charge on any atom is 0.338 e. The first kappa shape index (κ1) is 19.3. The Bertz CT molecular complexity index is 740. The highest BCUT2D eigenvalue weighted by Gasteiger charge is 2.15. The molecule has 0 heterocycles. The minimum absolute atomic E-state index is 0.132. The van der Waals surface area contributed by atoms with Crippen LogP contribution in [0.1, 0.15) is 40.9 Å². The summed E-state index contributed by atoms with van der Waals surface area (Å²) in [5.74, 6) is -1.02. The molecule has 1 amide bonds. The van der Waals surface area contributed by atoms with Crippen LogP contribution in [0.15, 0.2) is 42.5 Å². The number of carbonyl (C=O) groups is 2. The molecule has 0 aromatic heterocycles. The zero-order chi connectivity index (χ0) is 18.4. The smallest absolute Gasteiger partial charge is 0.338 e. The molecule has 0 spiro atoms. The number of hydrogen-bond acceptors (Lipinski definition) is 3. The van der Waals surface area contributed by atoms with Crippen LogP contribution in [-0.4, -0.2) is 18.5 Å². The van der Waals surface area contributed by atoms with Gasteiger partial charge in [0.15, 0.2) is 6.61 Å². The predicted octanol–water partition coefficient (Wildman–Crippen LogP) is 4.73. The van der Waals surface area contributed by atoms with Crippen molar-refractivity contribution >= 4 is 35.1 Å². The second-order valence-corrected chi connectivity index (χ2v) is 6.55. The SMILES string of the molecule is CC[C@H](NC(=O)COC(=O)c1cc(Cl)cc(Cl)c1)c1ccc(C)cc1. The van der Waals surface area contributed by atoms with E-state index in [9.17, 15) is 9.59 Å². The van der Waals surface area contributed by atoms with Gasteiger partial charge in [0.05, 0.1) is 11.6 Å². The van der Waals surface area contributed by atoms with E-state index in [4.69, 9.17) is 27.9 Å². The fourth-order valence-electron chi connectivity index (χ4n) is 2.34. The fourth-order valence-corrected chi connectivity index (χ4v) is 2.87. The van der Waals surface area contributed by atoms with Crippen LogP contribution in [0.4, 0.5) is 0 Å². The summed E-state index contributed by atoms with van der Waals surface area (Å²) in [5.41, 5.74) is 2.37. The lowest BCUT2D eigenvalue weighted by Crippen LogP contribution is -2.32. The van der Waals surface area contributed by atoms with Gasteiger partial charge in [0.1, 0.15) is 0 Å². The molecule has 0 saturated heterocycles. The number of ether oxygens (including phenoxy) is 1. The molecular weight excluding hydrogens is 361 g/mol. The van der Waals surface area contributed by atoms with Crippen molar-refractivity contribution in [2.75, 3.05) is 6.61 Å². The number of carbonyl (C=O) groups excluding carboxylic acids is 2. The molecule has 2 aromatic rings. The predicted molar refractivity (Wildman–Crippen MR) is 99.1 cm³/mol. The van der Waals surface area contributed by atoms with Gasteiger partial charge in [0.25, 0.3) is 5.91 Å². The van der Waals surface area contributed by atoms with Crippen LogP contribution in [0, 0.1) is 6.92 Å². The molecule has 0 saturated carbocycles. The highest BCUT2D eigenvalue weighted by Crippen LogP contribution is 2.20. The first-order chi connectivity index (χ1) is 11.9. The Balaban J connectivity index is 1.92. The van der Waals surface area contributed by atoms with Gasteiger partial charge in [-0.15, -0.1) is 0 Å². The molecule has 0 fully saturated rings. The first-order valence-electron chi connectivity index (χ1n) is 7.88. The third-order valence-corrected chi connectivity index (χ3v) is 4.09. The van der Waals surface area contributed by atoms with Crippen molar-refractivity contribution < 1.29 is 14.3 Å². The molecule has 0 aliphatic heterocycles. The van der Waals surface area contributed by atoms with E-state index in [1.807, 2.05) is 38.1 Å². The molecule has 0 radical (unpaired) electrons. The topological polar surface area (TPSA) is 55.4 Å². The van der Waals surface area contributed by atoms with Crippen LogP contribution in [-0.2, 0) is 9.53 Å². The molecule has 6 heteroatoms. The van der Waals surface area contributed by atoms with Crippen LogP contribution >= 0.6 is 23.2 Å². The van der Waals surface area contributed by atoms with Gasteiger partial charge in [-0.3, -0.25) is 4.79 Å². The monoisotopic (exact) mass is 379 g/mol. The van der Waals surface area contributed by atoms with E-state index in [1.165, 1.54) is 18.2 Å². The lowest BCUT2D eigenvalue weighted by Gasteiger charge is -2.17. The number of hydrogen-bond donors (Lipinski definition) is 1. The molecule has 0 aliphatic rings. The van der Waals surface area contributed by atoms with Crippen LogP contribution < -0.4 is 5.32 Å². The summed E-state index contributed by atoms with van der Waals surface area (Å²) in [6, 6.07) is 12.2. The van der Waals surface area contributed by atoms with Gasteiger partial charge in [-0.2, -0.15) is 0 Å². The first-order valence-corrected chi connectivity index (χ1v) is 8.63. The van der Waals surface area contributed by atoms with Gasteiger partial charge in [-0.25, -0.2) is 4.79 Å². The van der Waals surface area contributed by atoms with Gasteiger partial charge in [-0.1, -0.05) is 60.0 Å². The number of aryl methyl sites for hydroxylation is 1. The third kappa shape index (κ3) is 5.76. The maximum atomic E-state index is 12.1. The summed E-state index contributed by atoms with van der Waals surface area (Å²) in [6.07, 6.45) is 0.729. The van der Waals surface area contributed by atoms with E-state index < -0.39 is 5.97 Å². The molecule has 2 aromatic carbocycles. The Morgan fingerprint density at radius 3 is 2.24 bits per heavy atom. The average molecular weight is 380 g/mol. The second kappa shape index (κ2) is 8.88. The van der Waals surface area contributed by atoms with Crippen molar-refractivity contribution in [2.45, 2.75) is 26.3 Å². The molecule has 0 aliphatic carbocycles. The standard InChI is InChI=1S/C19H19Cl2NO3/c1-3-17(13-6-4-12(2)5-7-13)22-18(23)11-25-19(24)14-8-15(20)10-16(21)9-14/h4-10,17H,3,11H2,1-2H3,(H,22,23)/t17-/m0/s1. The number of amides is 1. The van der Waals surface area contributed by atoms with Crippen LogP contribution in [0.25, 0.3) is 0 Å². The lowest BCUT2D eigenvalue weighted by atomic mass is 10.0. The Morgan fingerprint density at radius 2 is 1.68 bits per heavy atom. The van der Waals surface area contributed by atoms with Gasteiger partial charge in [0.2, 0.25) is 0 Å². The summed E-state index contributed by atoms with van der Waals surface area (Å²) in [4.78, 5) is 24.1. The maximum absolute atomic E-state index is 12.1. The molecule has 4 nitrogen and oxygen atoms in total. The van der Waals surface area contributed by atoms with E-state index in [-0.39, 0.29) is 24.1 Å². The Labute approximate surface area is 157 Å². The van der Waals surface area contributed by atoms with E-state index in [1.54, 1.807) is 0 Å². The highest BCUT2D eigenvalue weighted by molar-refractivity contribution is 6.35. The minimum Gasteiger partial charge on any atom is -0.452 e. The van der Waals surface area contributed by atoms with Crippen molar-refractivity contribution in [1.82, 2.24) is 5.32 Å². The van der Waals surface area contributed by atoms with Crippen molar-refractivity contribution in [3.05, 3.63) is 69.2 Å². The Kier molecular flexibility index (Phi) is 6.85. The van der Waals surface area contributed by atoms with Gasteiger partial charge in [0, 0.05) is 10.0 Å².